The van der Waals surface area contributed by atoms with Crippen LogP contribution in [0.5, 0.6) is 0 Å². The average molecular weight is 348 g/mol. The van der Waals surface area contributed by atoms with E-state index in [1.54, 1.807) is 48.7 Å². The summed E-state index contributed by atoms with van der Waals surface area (Å²) in [6.45, 7) is 0.951. The number of Topliss-reactive ketones (excluding diaryl/α,β-unsaturated/α-hetero) is 1. The number of anilines is 1. The maximum Gasteiger partial charge on any atom is 0.340 e. The number of pyridine rings is 1. The molecule has 0 aliphatic heterocycles. The molecule has 1 aromatic heterocycles. The van der Waals surface area contributed by atoms with Crippen molar-refractivity contribution < 1.29 is 19.1 Å². The van der Waals surface area contributed by atoms with Crippen molar-refractivity contribution in [3.63, 3.8) is 0 Å². The lowest BCUT2D eigenvalue weighted by atomic mass is 10.1. The Morgan fingerprint density at radius 2 is 1.69 bits per heavy atom. The second kappa shape index (κ2) is 7.57. The van der Waals surface area contributed by atoms with E-state index in [1.807, 2.05) is 12.1 Å². The zero-order chi connectivity index (χ0) is 18.5. The van der Waals surface area contributed by atoms with Crippen LogP contribution in [0.3, 0.4) is 0 Å². The predicted molar refractivity (Wildman–Crippen MR) is 97.1 cm³/mol. The highest BCUT2D eigenvalue weighted by Crippen LogP contribution is 2.17. The maximum atomic E-state index is 12.3. The summed E-state index contributed by atoms with van der Waals surface area (Å²) in [4.78, 5) is 40.1. The summed E-state index contributed by atoms with van der Waals surface area (Å²) in [6.07, 6.45) is 1.59. The van der Waals surface area contributed by atoms with Crippen LogP contribution in [0, 0.1) is 0 Å². The van der Waals surface area contributed by atoms with E-state index < -0.39 is 18.5 Å². The molecule has 2 aromatic carbocycles. The number of hydrogen-bond donors (Lipinski definition) is 1. The first-order chi connectivity index (χ1) is 12.6. The van der Waals surface area contributed by atoms with Gasteiger partial charge in [0, 0.05) is 17.1 Å². The minimum atomic E-state index is -0.635. The molecular weight excluding hydrogens is 332 g/mol. The van der Waals surface area contributed by atoms with Gasteiger partial charge in [-0.15, -0.1) is 0 Å². The largest absolute Gasteiger partial charge is 0.452 e. The molecule has 0 atom stereocenters. The molecule has 0 aliphatic carbocycles. The van der Waals surface area contributed by atoms with Crippen molar-refractivity contribution in [1.82, 2.24) is 4.98 Å². The van der Waals surface area contributed by atoms with Crippen LogP contribution in [0.2, 0.25) is 0 Å². The monoisotopic (exact) mass is 348 g/mol. The van der Waals surface area contributed by atoms with Crippen molar-refractivity contribution in [1.29, 1.82) is 0 Å². The van der Waals surface area contributed by atoms with Gasteiger partial charge in [-0.1, -0.05) is 30.3 Å². The van der Waals surface area contributed by atoms with Crippen LogP contribution in [-0.4, -0.2) is 29.3 Å². The number of fused-ring (bicyclic) bond motifs is 1. The van der Waals surface area contributed by atoms with Gasteiger partial charge in [-0.05, 0) is 31.2 Å². The number of carbonyl (C=O) groups excluding carboxylic acids is 3. The highest BCUT2D eigenvalue weighted by molar-refractivity contribution is 6.05. The van der Waals surface area contributed by atoms with Gasteiger partial charge in [-0.25, -0.2) is 4.79 Å². The number of ketones is 1. The SMILES string of the molecule is CC(=O)c1ccccc1NC(=O)COC(=O)c1cccc2cccnc12. The number of amides is 1. The van der Waals surface area contributed by atoms with Crippen LogP contribution < -0.4 is 5.32 Å². The molecule has 6 heteroatoms. The number of rotatable bonds is 5. The van der Waals surface area contributed by atoms with Gasteiger partial charge >= 0.3 is 5.97 Å². The minimum absolute atomic E-state index is 0.167. The van der Waals surface area contributed by atoms with E-state index in [-0.39, 0.29) is 5.78 Å². The molecule has 0 spiro atoms. The van der Waals surface area contributed by atoms with Crippen molar-refractivity contribution in [2.24, 2.45) is 0 Å². The minimum Gasteiger partial charge on any atom is -0.452 e. The molecule has 130 valence electrons. The lowest BCUT2D eigenvalue weighted by Gasteiger charge is -2.10. The molecule has 0 saturated carbocycles. The number of hydrogen-bond acceptors (Lipinski definition) is 5. The summed E-state index contributed by atoms with van der Waals surface area (Å²) in [5.74, 6) is -1.33. The molecule has 0 bridgehead atoms. The Labute approximate surface area is 149 Å². The Balaban J connectivity index is 1.68. The quantitative estimate of drug-likeness (QED) is 0.565. The number of para-hydroxylation sites is 2. The molecule has 0 radical (unpaired) electrons. The van der Waals surface area contributed by atoms with E-state index in [0.29, 0.717) is 22.3 Å². The first-order valence-corrected chi connectivity index (χ1v) is 7.97. The molecule has 1 heterocycles. The van der Waals surface area contributed by atoms with Crippen LogP contribution >= 0.6 is 0 Å². The standard InChI is InChI=1S/C20H16N2O4/c1-13(23)15-8-2-3-10-17(15)22-18(24)12-26-20(25)16-9-4-6-14-7-5-11-21-19(14)16/h2-11H,12H2,1H3,(H,22,24). The zero-order valence-corrected chi connectivity index (χ0v) is 14.1. The Bertz CT molecular complexity index is 993. The van der Waals surface area contributed by atoms with Crippen molar-refractivity contribution in [2.45, 2.75) is 6.92 Å². The number of carbonyl (C=O) groups is 3. The summed E-state index contributed by atoms with van der Waals surface area (Å²) in [6, 6.07) is 15.4. The Hall–Kier alpha value is -3.54. The fraction of sp³-hybridized carbons (Fsp3) is 0.100. The van der Waals surface area contributed by atoms with Gasteiger partial charge in [0.25, 0.3) is 5.91 Å². The van der Waals surface area contributed by atoms with Crippen LogP contribution in [0.4, 0.5) is 5.69 Å². The lowest BCUT2D eigenvalue weighted by Crippen LogP contribution is -2.22. The van der Waals surface area contributed by atoms with E-state index in [9.17, 15) is 14.4 Å². The van der Waals surface area contributed by atoms with Crippen LogP contribution in [0.25, 0.3) is 10.9 Å². The van der Waals surface area contributed by atoms with Crippen molar-refractivity contribution in [3.8, 4) is 0 Å². The number of benzene rings is 2. The highest BCUT2D eigenvalue weighted by atomic mass is 16.5. The lowest BCUT2D eigenvalue weighted by molar-refractivity contribution is -0.119. The molecule has 1 amide bonds. The molecule has 0 unspecified atom stereocenters. The summed E-state index contributed by atoms with van der Waals surface area (Å²) in [5.41, 5.74) is 1.58. The van der Waals surface area contributed by atoms with E-state index >= 15 is 0 Å². The van der Waals surface area contributed by atoms with Gasteiger partial charge < -0.3 is 10.1 Å². The third-order valence-electron chi connectivity index (χ3n) is 3.77. The Kier molecular flexibility index (Phi) is 5.03. The summed E-state index contributed by atoms with van der Waals surface area (Å²) < 4.78 is 5.09. The topological polar surface area (TPSA) is 85.4 Å². The van der Waals surface area contributed by atoms with Gasteiger partial charge in [0.05, 0.1) is 16.8 Å². The van der Waals surface area contributed by atoms with Crippen molar-refractivity contribution in [2.75, 3.05) is 11.9 Å². The smallest absolute Gasteiger partial charge is 0.340 e. The highest BCUT2D eigenvalue weighted by Gasteiger charge is 2.15. The van der Waals surface area contributed by atoms with Crippen LogP contribution in [-0.2, 0) is 9.53 Å². The first kappa shape index (κ1) is 17.3. The van der Waals surface area contributed by atoms with E-state index in [0.717, 1.165) is 5.39 Å². The van der Waals surface area contributed by atoms with Gasteiger partial charge in [-0.2, -0.15) is 0 Å². The molecule has 0 aliphatic rings. The number of esters is 1. The molecule has 3 aromatic rings. The number of nitrogens with one attached hydrogen (secondary N) is 1. The third-order valence-corrected chi connectivity index (χ3v) is 3.77. The number of aromatic nitrogens is 1. The van der Waals surface area contributed by atoms with Gasteiger partial charge in [0.2, 0.25) is 0 Å². The van der Waals surface area contributed by atoms with E-state index in [4.69, 9.17) is 4.74 Å². The Morgan fingerprint density at radius 1 is 0.962 bits per heavy atom. The Morgan fingerprint density at radius 3 is 2.50 bits per heavy atom. The van der Waals surface area contributed by atoms with E-state index in [1.165, 1.54) is 6.92 Å². The summed E-state index contributed by atoms with van der Waals surface area (Å²) in [7, 11) is 0. The fourth-order valence-electron chi connectivity index (χ4n) is 2.56. The predicted octanol–water partition coefficient (Wildman–Crippen LogP) is 3.23. The molecule has 6 nitrogen and oxygen atoms in total. The van der Waals surface area contributed by atoms with Crippen molar-refractivity contribution >= 4 is 34.3 Å². The fourth-order valence-corrected chi connectivity index (χ4v) is 2.56. The number of nitrogens with zero attached hydrogens (tertiary/aromatic N) is 1. The second-order valence-corrected chi connectivity index (χ2v) is 5.61. The average Bonchev–Trinajstić information content (AvgIpc) is 2.66. The third kappa shape index (κ3) is 3.75. The molecule has 26 heavy (non-hydrogen) atoms. The molecule has 1 N–H and O–H groups in total. The molecular formula is C20H16N2O4. The second-order valence-electron chi connectivity index (χ2n) is 5.61. The maximum absolute atomic E-state index is 12.3. The van der Waals surface area contributed by atoms with Crippen LogP contribution in [0.1, 0.15) is 27.6 Å². The van der Waals surface area contributed by atoms with Crippen LogP contribution in [0.15, 0.2) is 60.8 Å². The van der Waals surface area contributed by atoms with Crippen molar-refractivity contribution in [3.05, 3.63) is 71.9 Å². The molecule has 0 fully saturated rings. The zero-order valence-electron chi connectivity index (χ0n) is 14.1. The summed E-state index contributed by atoms with van der Waals surface area (Å²) in [5, 5.41) is 3.39. The normalized spacial score (nSPS) is 10.3. The molecule has 0 saturated heterocycles. The summed E-state index contributed by atoms with van der Waals surface area (Å²) >= 11 is 0. The van der Waals surface area contributed by atoms with Gasteiger partial charge in [0.15, 0.2) is 12.4 Å². The number of ether oxygens (including phenoxy) is 1. The molecule has 3 rings (SSSR count). The van der Waals surface area contributed by atoms with Gasteiger partial charge in [0.1, 0.15) is 0 Å². The van der Waals surface area contributed by atoms with E-state index in [2.05, 4.69) is 10.3 Å². The van der Waals surface area contributed by atoms with Gasteiger partial charge in [-0.3, -0.25) is 14.6 Å². The first-order valence-electron chi connectivity index (χ1n) is 7.97.